The molecule has 190 valence electrons. The topological polar surface area (TPSA) is 214 Å². The quantitative estimate of drug-likeness (QED) is 0.131. The monoisotopic (exact) mass is 491 g/mol. The standard InChI is InChI=1S/C20H37N5O7S/c1-10(2)9-14(24-17(28)12(21)5-6-15(22)27)18(29)25-16(11(3)26)19(30)23-13(20(31)32)7-8-33-4/h10-14,16,26H,5-9,21H2,1-4H3,(H2,22,27)(H,23,30)(H,24,28)(H,25,29)(H,31,32). The molecular weight excluding hydrogens is 454 g/mol. The van der Waals surface area contributed by atoms with E-state index >= 15 is 0 Å². The van der Waals surface area contributed by atoms with Gasteiger partial charge in [0.2, 0.25) is 23.6 Å². The van der Waals surface area contributed by atoms with Crippen LogP contribution in [-0.2, 0) is 24.0 Å². The van der Waals surface area contributed by atoms with Gasteiger partial charge in [-0.1, -0.05) is 13.8 Å². The smallest absolute Gasteiger partial charge is 0.326 e. The number of carboxylic acid groups (broad SMARTS) is 1. The summed E-state index contributed by atoms with van der Waals surface area (Å²) in [6.07, 6.45) is 0.737. The highest BCUT2D eigenvalue weighted by Gasteiger charge is 2.32. The van der Waals surface area contributed by atoms with E-state index in [4.69, 9.17) is 11.5 Å². The molecule has 12 nitrogen and oxygen atoms in total. The van der Waals surface area contributed by atoms with Crippen LogP contribution in [0.2, 0.25) is 0 Å². The molecule has 5 unspecified atom stereocenters. The summed E-state index contributed by atoms with van der Waals surface area (Å²) in [5.74, 6) is -3.65. The van der Waals surface area contributed by atoms with Crippen molar-refractivity contribution in [2.24, 2.45) is 17.4 Å². The average Bonchev–Trinajstić information content (AvgIpc) is 2.71. The molecule has 0 heterocycles. The molecule has 0 aliphatic rings. The number of thioether (sulfide) groups is 1. The van der Waals surface area contributed by atoms with E-state index in [0.717, 1.165) is 0 Å². The molecule has 0 aromatic carbocycles. The molecule has 0 rings (SSSR count). The number of rotatable bonds is 16. The maximum Gasteiger partial charge on any atom is 0.326 e. The number of hydrogen-bond acceptors (Lipinski definition) is 8. The maximum atomic E-state index is 12.9. The van der Waals surface area contributed by atoms with Crippen LogP contribution in [0, 0.1) is 5.92 Å². The van der Waals surface area contributed by atoms with Crippen molar-refractivity contribution in [3.05, 3.63) is 0 Å². The van der Waals surface area contributed by atoms with Crippen molar-refractivity contribution in [1.29, 1.82) is 0 Å². The first-order valence-corrected chi connectivity index (χ1v) is 12.0. The van der Waals surface area contributed by atoms with Gasteiger partial charge in [0.05, 0.1) is 12.1 Å². The Morgan fingerprint density at radius 2 is 1.48 bits per heavy atom. The molecule has 0 fully saturated rings. The molecule has 0 radical (unpaired) electrons. The highest BCUT2D eigenvalue weighted by molar-refractivity contribution is 7.98. The molecule has 0 aromatic heterocycles. The second-order valence-electron chi connectivity index (χ2n) is 8.21. The highest BCUT2D eigenvalue weighted by Crippen LogP contribution is 2.08. The summed E-state index contributed by atoms with van der Waals surface area (Å²) in [5.41, 5.74) is 10.8. The number of carbonyl (C=O) groups is 5. The van der Waals surface area contributed by atoms with E-state index in [0.29, 0.717) is 5.75 Å². The van der Waals surface area contributed by atoms with Crippen LogP contribution in [0.3, 0.4) is 0 Å². The van der Waals surface area contributed by atoms with Crippen LogP contribution in [0.5, 0.6) is 0 Å². The average molecular weight is 492 g/mol. The Kier molecular flexibility index (Phi) is 14.3. The third-order valence-corrected chi connectivity index (χ3v) is 5.31. The number of primary amides is 1. The minimum Gasteiger partial charge on any atom is -0.480 e. The van der Waals surface area contributed by atoms with Gasteiger partial charge in [0, 0.05) is 6.42 Å². The second-order valence-corrected chi connectivity index (χ2v) is 9.20. The van der Waals surface area contributed by atoms with E-state index < -0.39 is 59.9 Å². The first kappa shape index (κ1) is 30.6. The van der Waals surface area contributed by atoms with Gasteiger partial charge in [-0.15, -0.1) is 0 Å². The van der Waals surface area contributed by atoms with E-state index in [9.17, 15) is 34.2 Å². The molecule has 0 aromatic rings. The zero-order valence-corrected chi connectivity index (χ0v) is 20.3. The molecule has 33 heavy (non-hydrogen) atoms. The van der Waals surface area contributed by atoms with Crippen LogP contribution in [-0.4, -0.2) is 82.1 Å². The largest absolute Gasteiger partial charge is 0.480 e. The first-order valence-electron chi connectivity index (χ1n) is 10.6. The van der Waals surface area contributed by atoms with Gasteiger partial charge in [0.25, 0.3) is 0 Å². The predicted octanol–water partition coefficient (Wildman–Crippen LogP) is -1.70. The predicted molar refractivity (Wildman–Crippen MR) is 124 cm³/mol. The van der Waals surface area contributed by atoms with E-state index in [1.54, 1.807) is 6.26 Å². The van der Waals surface area contributed by atoms with Crippen LogP contribution in [0.1, 0.15) is 46.5 Å². The van der Waals surface area contributed by atoms with Gasteiger partial charge < -0.3 is 37.6 Å². The second kappa shape index (κ2) is 15.5. The van der Waals surface area contributed by atoms with E-state index in [1.165, 1.54) is 18.7 Å². The Bertz CT molecular complexity index is 690. The number of nitrogens with one attached hydrogen (secondary N) is 3. The van der Waals surface area contributed by atoms with Crippen molar-refractivity contribution in [3.8, 4) is 0 Å². The first-order chi connectivity index (χ1) is 15.3. The number of amides is 4. The number of nitrogens with two attached hydrogens (primary N) is 2. The van der Waals surface area contributed by atoms with Crippen molar-refractivity contribution in [3.63, 3.8) is 0 Å². The van der Waals surface area contributed by atoms with Crippen LogP contribution >= 0.6 is 11.8 Å². The summed E-state index contributed by atoms with van der Waals surface area (Å²) in [5, 5.41) is 26.6. The number of carbonyl (C=O) groups excluding carboxylic acids is 4. The van der Waals surface area contributed by atoms with Gasteiger partial charge in [-0.2, -0.15) is 11.8 Å². The van der Waals surface area contributed by atoms with Crippen molar-refractivity contribution < 1.29 is 34.2 Å². The van der Waals surface area contributed by atoms with Crippen molar-refractivity contribution in [2.45, 2.75) is 76.7 Å². The van der Waals surface area contributed by atoms with Crippen molar-refractivity contribution in [1.82, 2.24) is 16.0 Å². The fraction of sp³-hybridized carbons (Fsp3) is 0.750. The van der Waals surface area contributed by atoms with Crippen LogP contribution in [0.25, 0.3) is 0 Å². The van der Waals surface area contributed by atoms with E-state index in [1.807, 2.05) is 13.8 Å². The van der Waals surface area contributed by atoms with Gasteiger partial charge in [0.15, 0.2) is 0 Å². The van der Waals surface area contributed by atoms with Crippen LogP contribution < -0.4 is 27.4 Å². The molecule has 13 heteroatoms. The number of aliphatic carboxylic acids is 1. The lowest BCUT2D eigenvalue weighted by Gasteiger charge is -2.27. The molecule has 0 aliphatic carbocycles. The number of aliphatic hydroxyl groups excluding tert-OH is 1. The van der Waals surface area contributed by atoms with Crippen LogP contribution in [0.15, 0.2) is 0 Å². The Morgan fingerprint density at radius 3 is 1.94 bits per heavy atom. The number of hydrogen-bond donors (Lipinski definition) is 7. The van der Waals surface area contributed by atoms with Gasteiger partial charge in [-0.25, -0.2) is 4.79 Å². The zero-order chi connectivity index (χ0) is 25.7. The van der Waals surface area contributed by atoms with E-state index in [-0.39, 0.29) is 31.6 Å². The summed E-state index contributed by atoms with van der Waals surface area (Å²) in [7, 11) is 0. The van der Waals surface area contributed by atoms with Gasteiger partial charge >= 0.3 is 5.97 Å². The zero-order valence-electron chi connectivity index (χ0n) is 19.5. The Balaban J connectivity index is 5.35. The van der Waals surface area contributed by atoms with Crippen molar-refractivity contribution >= 4 is 41.4 Å². The maximum absolute atomic E-state index is 12.9. The molecule has 0 saturated carbocycles. The fourth-order valence-corrected chi connectivity index (χ4v) is 3.30. The van der Waals surface area contributed by atoms with Crippen LogP contribution in [0.4, 0.5) is 0 Å². The summed E-state index contributed by atoms with van der Waals surface area (Å²) in [6, 6.07) is -4.76. The minimum absolute atomic E-state index is 0.00249. The molecule has 4 amide bonds. The SMILES string of the molecule is CSCCC(NC(=O)C(NC(=O)C(CC(C)C)NC(=O)C(N)CCC(N)=O)C(C)O)C(=O)O. The van der Waals surface area contributed by atoms with Gasteiger partial charge in [-0.05, 0) is 44.1 Å². The number of carboxylic acids is 1. The Labute approximate surface area is 198 Å². The molecule has 0 aliphatic heterocycles. The normalized spacial score (nSPS) is 15.6. The summed E-state index contributed by atoms with van der Waals surface area (Å²) < 4.78 is 0. The summed E-state index contributed by atoms with van der Waals surface area (Å²) in [4.78, 5) is 60.1. The molecule has 0 saturated heterocycles. The molecule has 5 atom stereocenters. The third kappa shape index (κ3) is 12.4. The summed E-state index contributed by atoms with van der Waals surface area (Å²) in [6.45, 7) is 4.92. The molecule has 0 spiro atoms. The van der Waals surface area contributed by atoms with Gasteiger partial charge in [-0.3, -0.25) is 19.2 Å². The lowest BCUT2D eigenvalue weighted by Crippen LogP contribution is -2.60. The Hall–Kier alpha value is -2.38. The third-order valence-electron chi connectivity index (χ3n) is 4.67. The lowest BCUT2D eigenvalue weighted by atomic mass is 10.0. The number of aliphatic hydroxyl groups is 1. The lowest BCUT2D eigenvalue weighted by molar-refractivity contribution is -0.143. The van der Waals surface area contributed by atoms with Gasteiger partial charge in [0.1, 0.15) is 18.1 Å². The molecular formula is C20H37N5O7S. The summed E-state index contributed by atoms with van der Waals surface area (Å²) >= 11 is 1.41. The Morgan fingerprint density at radius 1 is 0.909 bits per heavy atom. The van der Waals surface area contributed by atoms with Crippen molar-refractivity contribution in [2.75, 3.05) is 12.0 Å². The minimum atomic E-state index is -1.44. The highest BCUT2D eigenvalue weighted by atomic mass is 32.2. The van der Waals surface area contributed by atoms with E-state index in [2.05, 4.69) is 16.0 Å². The molecule has 9 N–H and O–H groups in total. The fourth-order valence-electron chi connectivity index (χ4n) is 2.82. The molecule has 0 bridgehead atoms.